The van der Waals surface area contributed by atoms with Crippen molar-refractivity contribution in [1.29, 1.82) is 0 Å². The van der Waals surface area contributed by atoms with Crippen molar-refractivity contribution < 1.29 is 4.74 Å². The van der Waals surface area contributed by atoms with Crippen molar-refractivity contribution in [3.8, 4) is 17.1 Å². The number of aromatic nitrogens is 3. The predicted octanol–water partition coefficient (Wildman–Crippen LogP) is 3.34. The van der Waals surface area contributed by atoms with E-state index in [1.807, 2.05) is 24.4 Å². The molecule has 2 aromatic heterocycles. The second-order valence-corrected chi connectivity index (χ2v) is 6.37. The largest absolute Gasteiger partial charge is 0.497 e. The van der Waals surface area contributed by atoms with Gasteiger partial charge in [-0.3, -0.25) is 0 Å². The first-order valence-electron chi connectivity index (χ1n) is 8.46. The molecule has 0 saturated carbocycles. The lowest BCUT2D eigenvalue weighted by Crippen LogP contribution is -2.29. The molecule has 1 saturated heterocycles. The molecule has 1 aliphatic rings. The van der Waals surface area contributed by atoms with Gasteiger partial charge in [0, 0.05) is 17.8 Å². The average Bonchev–Trinajstić information content (AvgIpc) is 3.01. The van der Waals surface area contributed by atoms with E-state index in [2.05, 4.69) is 28.9 Å². The molecule has 0 aliphatic carbocycles. The molecule has 0 radical (unpaired) electrons. The quantitative estimate of drug-likeness (QED) is 0.803. The van der Waals surface area contributed by atoms with E-state index in [4.69, 9.17) is 14.7 Å². The van der Waals surface area contributed by atoms with Gasteiger partial charge in [-0.05, 0) is 56.6 Å². The number of imidazole rings is 1. The van der Waals surface area contributed by atoms with Crippen molar-refractivity contribution in [2.75, 3.05) is 20.2 Å². The summed E-state index contributed by atoms with van der Waals surface area (Å²) >= 11 is 0. The van der Waals surface area contributed by atoms with Crippen LogP contribution >= 0.6 is 0 Å². The second kappa shape index (κ2) is 6.24. The normalized spacial score (nSPS) is 15.8. The summed E-state index contributed by atoms with van der Waals surface area (Å²) in [5.74, 6) is 1.83. The first-order valence-corrected chi connectivity index (χ1v) is 8.46. The fourth-order valence-corrected chi connectivity index (χ4v) is 3.46. The zero-order valence-corrected chi connectivity index (χ0v) is 14.1. The van der Waals surface area contributed by atoms with Gasteiger partial charge in [-0.25, -0.2) is 9.97 Å². The Labute approximate surface area is 141 Å². The van der Waals surface area contributed by atoms with Crippen LogP contribution in [0.4, 0.5) is 0 Å². The third-order valence-corrected chi connectivity index (χ3v) is 4.67. The van der Waals surface area contributed by atoms with E-state index in [0.717, 1.165) is 59.8 Å². The molecule has 24 heavy (non-hydrogen) atoms. The molecule has 0 amide bonds. The number of benzene rings is 1. The van der Waals surface area contributed by atoms with E-state index in [0.29, 0.717) is 6.04 Å². The molecule has 1 fully saturated rings. The van der Waals surface area contributed by atoms with Crippen LogP contribution in [0.2, 0.25) is 0 Å². The SMILES string of the molecule is COc1cccc(-c2nc3cc(C)cnc3n2C2CCNCC2)c1. The van der Waals surface area contributed by atoms with Gasteiger partial charge < -0.3 is 14.6 Å². The van der Waals surface area contributed by atoms with E-state index >= 15 is 0 Å². The lowest BCUT2D eigenvalue weighted by atomic mass is 10.1. The highest BCUT2D eigenvalue weighted by Crippen LogP contribution is 2.32. The Morgan fingerprint density at radius 2 is 2.04 bits per heavy atom. The maximum Gasteiger partial charge on any atom is 0.160 e. The predicted molar refractivity (Wildman–Crippen MR) is 95.4 cm³/mol. The van der Waals surface area contributed by atoms with E-state index in [1.54, 1.807) is 7.11 Å². The molecule has 0 atom stereocenters. The maximum absolute atomic E-state index is 5.39. The second-order valence-electron chi connectivity index (χ2n) is 6.37. The van der Waals surface area contributed by atoms with E-state index in [9.17, 15) is 0 Å². The number of piperidine rings is 1. The highest BCUT2D eigenvalue weighted by molar-refractivity contribution is 5.78. The number of nitrogens with zero attached hydrogens (tertiary/aromatic N) is 3. The molecule has 0 bridgehead atoms. The lowest BCUT2D eigenvalue weighted by molar-refractivity contribution is 0.376. The Morgan fingerprint density at radius 3 is 2.83 bits per heavy atom. The summed E-state index contributed by atoms with van der Waals surface area (Å²) in [4.78, 5) is 9.61. The van der Waals surface area contributed by atoms with Crippen LogP contribution in [0.15, 0.2) is 36.5 Å². The first-order chi connectivity index (χ1) is 11.8. The van der Waals surface area contributed by atoms with Gasteiger partial charge in [0.05, 0.1) is 7.11 Å². The number of hydrogen-bond donors (Lipinski definition) is 1. The van der Waals surface area contributed by atoms with Gasteiger partial charge in [-0.15, -0.1) is 0 Å². The molecule has 3 heterocycles. The Kier molecular flexibility index (Phi) is 3.94. The van der Waals surface area contributed by atoms with Crippen LogP contribution < -0.4 is 10.1 Å². The summed E-state index contributed by atoms with van der Waals surface area (Å²) in [6, 6.07) is 10.7. The van der Waals surface area contributed by atoms with Gasteiger partial charge >= 0.3 is 0 Å². The van der Waals surface area contributed by atoms with Gasteiger partial charge in [-0.2, -0.15) is 0 Å². The van der Waals surface area contributed by atoms with Crippen molar-refractivity contribution in [3.05, 3.63) is 42.1 Å². The number of hydrogen-bond acceptors (Lipinski definition) is 4. The third kappa shape index (κ3) is 2.65. The molecule has 1 aliphatic heterocycles. The molecule has 5 heteroatoms. The van der Waals surface area contributed by atoms with Gasteiger partial charge in [0.2, 0.25) is 0 Å². The summed E-state index contributed by atoms with van der Waals surface area (Å²) in [5, 5.41) is 3.44. The molecule has 0 spiro atoms. The van der Waals surface area contributed by atoms with Crippen molar-refractivity contribution >= 4 is 11.2 Å². The van der Waals surface area contributed by atoms with Crippen LogP contribution in [0, 0.1) is 6.92 Å². The molecular formula is C19H22N4O. The van der Waals surface area contributed by atoms with Gasteiger partial charge in [0.1, 0.15) is 17.1 Å². The number of methoxy groups -OCH3 is 1. The fraction of sp³-hybridized carbons (Fsp3) is 0.368. The number of rotatable bonds is 3. The summed E-state index contributed by atoms with van der Waals surface area (Å²) < 4.78 is 7.72. The molecular weight excluding hydrogens is 300 g/mol. The van der Waals surface area contributed by atoms with Crippen LogP contribution in [-0.2, 0) is 0 Å². The molecule has 5 nitrogen and oxygen atoms in total. The van der Waals surface area contributed by atoms with E-state index in [-0.39, 0.29) is 0 Å². The summed E-state index contributed by atoms with van der Waals surface area (Å²) in [6.45, 7) is 4.13. The van der Waals surface area contributed by atoms with Gasteiger partial charge in [-0.1, -0.05) is 12.1 Å². The molecule has 3 aromatic rings. The van der Waals surface area contributed by atoms with Crippen LogP contribution in [0.25, 0.3) is 22.6 Å². The Balaban J connectivity index is 1.92. The van der Waals surface area contributed by atoms with Crippen LogP contribution in [0.5, 0.6) is 5.75 Å². The Bertz CT molecular complexity index is 865. The van der Waals surface area contributed by atoms with Crippen molar-refractivity contribution in [2.45, 2.75) is 25.8 Å². The standard InChI is InChI=1S/C19H22N4O/c1-13-10-17-19(21-12-13)23(15-6-8-20-9-7-15)18(22-17)14-4-3-5-16(11-14)24-2/h3-5,10-12,15,20H,6-9H2,1-2H3. The minimum Gasteiger partial charge on any atom is -0.497 e. The van der Waals surface area contributed by atoms with Crippen molar-refractivity contribution in [3.63, 3.8) is 0 Å². The zero-order valence-electron chi connectivity index (χ0n) is 14.1. The minimum atomic E-state index is 0.424. The Hall–Kier alpha value is -2.40. The zero-order chi connectivity index (χ0) is 16.5. The molecule has 1 aromatic carbocycles. The molecule has 1 N–H and O–H groups in total. The third-order valence-electron chi connectivity index (χ3n) is 4.67. The topological polar surface area (TPSA) is 52.0 Å². The summed E-state index contributed by atoms with van der Waals surface area (Å²) in [6.07, 6.45) is 4.12. The highest BCUT2D eigenvalue weighted by Gasteiger charge is 2.23. The summed E-state index contributed by atoms with van der Waals surface area (Å²) in [7, 11) is 1.69. The smallest absolute Gasteiger partial charge is 0.160 e. The molecule has 4 rings (SSSR count). The van der Waals surface area contributed by atoms with E-state index in [1.165, 1.54) is 0 Å². The number of nitrogens with one attached hydrogen (secondary N) is 1. The van der Waals surface area contributed by atoms with Crippen LogP contribution in [-0.4, -0.2) is 34.7 Å². The van der Waals surface area contributed by atoms with Crippen molar-refractivity contribution in [2.24, 2.45) is 0 Å². The average molecular weight is 322 g/mol. The first kappa shape index (κ1) is 15.1. The number of fused-ring (bicyclic) bond motifs is 1. The molecule has 124 valence electrons. The van der Waals surface area contributed by atoms with Gasteiger partial charge in [0.25, 0.3) is 0 Å². The van der Waals surface area contributed by atoms with Gasteiger partial charge in [0.15, 0.2) is 5.65 Å². The number of pyridine rings is 1. The summed E-state index contributed by atoms with van der Waals surface area (Å²) in [5.41, 5.74) is 4.15. The fourth-order valence-electron chi connectivity index (χ4n) is 3.46. The van der Waals surface area contributed by atoms with Crippen molar-refractivity contribution in [1.82, 2.24) is 19.9 Å². The van der Waals surface area contributed by atoms with Crippen LogP contribution in [0.3, 0.4) is 0 Å². The minimum absolute atomic E-state index is 0.424. The highest BCUT2D eigenvalue weighted by atomic mass is 16.5. The molecule has 0 unspecified atom stereocenters. The number of ether oxygens (including phenoxy) is 1. The lowest BCUT2D eigenvalue weighted by Gasteiger charge is -2.26. The maximum atomic E-state index is 5.39. The number of aryl methyl sites for hydroxylation is 1. The monoisotopic (exact) mass is 322 g/mol. The van der Waals surface area contributed by atoms with Crippen LogP contribution in [0.1, 0.15) is 24.4 Å². The van der Waals surface area contributed by atoms with E-state index < -0.39 is 0 Å². The Morgan fingerprint density at radius 1 is 1.21 bits per heavy atom.